The van der Waals surface area contributed by atoms with Crippen molar-refractivity contribution in [2.75, 3.05) is 12.4 Å². The molecule has 2 aromatic heterocycles. The molecule has 0 saturated carbocycles. The number of aryl methyl sites for hydroxylation is 2. The van der Waals surface area contributed by atoms with Gasteiger partial charge in [0, 0.05) is 18.0 Å². The summed E-state index contributed by atoms with van der Waals surface area (Å²) in [6.45, 7) is 4.83. The Balaban J connectivity index is 1.71. The topological polar surface area (TPSA) is 56.1 Å². The highest BCUT2D eigenvalue weighted by Crippen LogP contribution is 2.34. The molecule has 0 radical (unpaired) electrons. The van der Waals surface area contributed by atoms with Crippen molar-refractivity contribution < 1.29 is 4.74 Å². The Bertz CT molecular complexity index is 1030. The first-order valence-electron chi connectivity index (χ1n) is 9.24. The molecule has 1 aliphatic rings. The summed E-state index contributed by atoms with van der Waals surface area (Å²) in [5, 5.41) is 4.15. The zero-order chi connectivity index (χ0) is 18.8. The van der Waals surface area contributed by atoms with Crippen LogP contribution in [0.4, 0.5) is 5.95 Å². The number of nitrogens with zero attached hydrogens (tertiary/aromatic N) is 2. The maximum atomic E-state index is 13.2. The first kappa shape index (κ1) is 17.8. The van der Waals surface area contributed by atoms with E-state index >= 15 is 0 Å². The molecule has 6 heteroatoms. The van der Waals surface area contributed by atoms with Crippen LogP contribution in [0.25, 0.3) is 10.2 Å². The first-order valence-corrected chi connectivity index (χ1v) is 10.1. The van der Waals surface area contributed by atoms with E-state index in [4.69, 9.17) is 9.72 Å². The van der Waals surface area contributed by atoms with Crippen molar-refractivity contribution in [3.63, 3.8) is 0 Å². The van der Waals surface area contributed by atoms with Crippen molar-refractivity contribution in [1.29, 1.82) is 0 Å². The number of ether oxygens (including phenoxy) is 1. The molecule has 0 unspecified atom stereocenters. The van der Waals surface area contributed by atoms with Crippen LogP contribution in [0.3, 0.4) is 0 Å². The van der Waals surface area contributed by atoms with E-state index in [1.54, 1.807) is 29.1 Å². The Morgan fingerprint density at radius 2 is 2.07 bits per heavy atom. The summed E-state index contributed by atoms with van der Waals surface area (Å²) in [4.78, 5) is 20.2. The number of methoxy groups -OCH3 is 1. The molecule has 4 rings (SSSR count). The third-order valence-electron chi connectivity index (χ3n) is 5.00. The zero-order valence-electron chi connectivity index (χ0n) is 15.5. The van der Waals surface area contributed by atoms with E-state index in [9.17, 15) is 4.79 Å². The number of aromatic nitrogens is 2. The molecule has 1 aliphatic carbocycles. The standard InChI is InChI=1S/C21H23N3O2S/c1-3-12-24-20(25)18-16-6-4-5-7-17(16)27-19(18)23-21(24)22-13-14-8-10-15(26-2)11-9-14/h3,8-11H,1,4-7,12-13H2,2H3,(H,22,23). The fraction of sp³-hybridized carbons (Fsp3) is 0.333. The second-order valence-corrected chi connectivity index (χ2v) is 7.82. The van der Waals surface area contributed by atoms with Crippen LogP contribution in [0.5, 0.6) is 5.75 Å². The van der Waals surface area contributed by atoms with Crippen LogP contribution in [0, 0.1) is 0 Å². The summed E-state index contributed by atoms with van der Waals surface area (Å²) in [5.74, 6) is 1.42. The van der Waals surface area contributed by atoms with Gasteiger partial charge in [0.05, 0.1) is 12.5 Å². The normalized spacial score (nSPS) is 13.4. The third-order valence-corrected chi connectivity index (χ3v) is 6.18. The molecule has 140 valence electrons. The summed E-state index contributed by atoms with van der Waals surface area (Å²) in [6.07, 6.45) is 6.14. The molecule has 0 spiro atoms. The summed E-state index contributed by atoms with van der Waals surface area (Å²) >= 11 is 1.67. The van der Waals surface area contributed by atoms with Gasteiger partial charge in [-0.1, -0.05) is 18.2 Å². The molecule has 27 heavy (non-hydrogen) atoms. The van der Waals surface area contributed by atoms with Crippen molar-refractivity contribution >= 4 is 27.5 Å². The van der Waals surface area contributed by atoms with Crippen molar-refractivity contribution in [2.24, 2.45) is 0 Å². The van der Waals surface area contributed by atoms with Gasteiger partial charge in [0.25, 0.3) is 5.56 Å². The van der Waals surface area contributed by atoms with Crippen LogP contribution in [-0.4, -0.2) is 16.7 Å². The summed E-state index contributed by atoms with van der Waals surface area (Å²) in [5.41, 5.74) is 2.36. The van der Waals surface area contributed by atoms with Gasteiger partial charge >= 0.3 is 0 Å². The minimum absolute atomic E-state index is 0.0385. The average molecular weight is 382 g/mol. The molecule has 5 nitrogen and oxygen atoms in total. The van der Waals surface area contributed by atoms with E-state index in [1.807, 2.05) is 24.3 Å². The van der Waals surface area contributed by atoms with E-state index in [1.165, 1.54) is 16.9 Å². The summed E-state index contributed by atoms with van der Waals surface area (Å²) < 4.78 is 6.89. The van der Waals surface area contributed by atoms with E-state index in [0.29, 0.717) is 19.0 Å². The highest BCUT2D eigenvalue weighted by Gasteiger charge is 2.21. The van der Waals surface area contributed by atoms with E-state index < -0.39 is 0 Å². The Kier molecular flexibility index (Phi) is 4.99. The van der Waals surface area contributed by atoms with E-state index in [-0.39, 0.29) is 5.56 Å². The second kappa shape index (κ2) is 7.56. The molecule has 0 aliphatic heterocycles. The predicted octanol–water partition coefficient (Wildman–Crippen LogP) is 4.14. The van der Waals surface area contributed by atoms with Gasteiger partial charge in [-0.05, 0) is 48.9 Å². The Hall–Kier alpha value is -2.60. The van der Waals surface area contributed by atoms with Gasteiger partial charge in [-0.15, -0.1) is 17.9 Å². The fourth-order valence-electron chi connectivity index (χ4n) is 3.60. The Morgan fingerprint density at radius 1 is 1.30 bits per heavy atom. The van der Waals surface area contributed by atoms with E-state index in [2.05, 4.69) is 11.9 Å². The summed E-state index contributed by atoms with van der Waals surface area (Å²) in [7, 11) is 1.65. The fourth-order valence-corrected chi connectivity index (χ4v) is 4.85. The van der Waals surface area contributed by atoms with Crippen LogP contribution < -0.4 is 15.6 Å². The van der Waals surface area contributed by atoms with Crippen molar-refractivity contribution in [1.82, 2.24) is 9.55 Å². The lowest BCUT2D eigenvalue weighted by atomic mass is 9.97. The molecular weight excluding hydrogens is 358 g/mol. The Labute approximate surface area is 162 Å². The van der Waals surface area contributed by atoms with Crippen molar-refractivity contribution in [3.8, 4) is 5.75 Å². The number of fused-ring (bicyclic) bond motifs is 3. The molecule has 0 amide bonds. The van der Waals surface area contributed by atoms with Crippen molar-refractivity contribution in [2.45, 2.75) is 38.8 Å². The van der Waals surface area contributed by atoms with E-state index in [0.717, 1.165) is 40.8 Å². The number of hydrogen-bond acceptors (Lipinski definition) is 5. The number of hydrogen-bond donors (Lipinski definition) is 1. The van der Waals surface area contributed by atoms with Gasteiger partial charge in [0.1, 0.15) is 10.6 Å². The number of rotatable bonds is 6. The molecule has 0 saturated heterocycles. The molecule has 3 aromatic rings. The highest BCUT2D eigenvalue weighted by molar-refractivity contribution is 7.18. The molecule has 1 N–H and O–H groups in total. The van der Waals surface area contributed by atoms with Crippen LogP contribution in [0.2, 0.25) is 0 Å². The van der Waals surface area contributed by atoms with Crippen LogP contribution >= 0.6 is 11.3 Å². The maximum absolute atomic E-state index is 13.2. The first-order chi connectivity index (χ1) is 13.2. The number of anilines is 1. The zero-order valence-corrected chi connectivity index (χ0v) is 16.3. The summed E-state index contributed by atoms with van der Waals surface area (Å²) in [6, 6.07) is 7.86. The molecule has 0 atom stereocenters. The molecular formula is C21H23N3O2S. The third kappa shape index (κ3) is 3.37. The minimum Gasteiger partial charge on any atom is -0.497 e. The molecule has 0 bridgehead atoms. The van der Waals surface area contributed by atoms with Gasteiger partial charge in [-0.2, -0.15) is 0 Å². The monoisotopic (exact) mass is 381 g/mol. The molecule has 2 heterocycles. The van der Waals surface area contributed by atoms with Gasteiger partial charge < -0.3 is 10.1 Å². The lowest BCUT2D eigenvalue weighted by Gasteiger charge is -2.14. The SMILES string of the molecule is C=CCn1c(NCc2ccc(OC)cc2)nc2sc3c(c2c1=O)CCCC3. The van der Waals surface area contributed by atoms with Gasteiger partial charge in [0.15, 0.2) is 0 Å². The number of allylic oxidation sites excluding steroid dienone is 1. The smallest absolute Gasteiger partial charge is 0.264 e. The highest BCUT2D eigenvalue weighted by atomic mass is 32.1. The Morgan fingerprint density at radius 3 is 2.81 bits per heavy atom. The van der Waals surface area contributed by atoms with Gasteiger partial charge in [0.2, 0.25) is 5.95 Å². The van der Waals surface area contributed by atoms with Crippen LogP contribution in [-0.2, 0) is 25.9 Å². The van der Waals surface area contributed by atoms with Gasteiger partial charge in [-0.25, -0.2) is 4.98 Å². The average Bonchev–Trinajstić information content (AvgIpc) is 3.07. The van der Waals surface area contributed by atoms with Crippen LogP contribution in [0.1, 0.15) is 28.8 Å². The molecule has 1 aromatic carbocycles. The van der Waals surface area contributed by atoms with Gasteiger partial charge in [-0.3, -0.25) is 9.36 Å². The number of benzene rings is 1. The quantitative estimate of drug-likeness (QED) is 0.652. The number of thiophene rings is 1. The maximum Gasteiger partial charge on any atom is 0.264 e. The lowest BCUT2D eigenvalue weighted by molar-refractivity contribution is 0.414. The molecule has 0 fully saturated rings. The largest absolute Gasteiger partial charge is 0.497 e. The lowest BCUT2D eigenvalue weighted by Crippen LogP contribution is -2.25. The minimum atomic E-state index is 0.0385. The van der Waals surface area contributed by atoms with Crippen molar-refractivity contribution in [3.05, 3.63) is 63.3 Å². The van der Waals surface area contributed by atoms with Crippen LogP contribution in [0.15, 0.2) is 41.7 Å². The predicted molar refractivity (Wildman–Crippen MR) is 111 cm³/mol. The second-order valence-electron chi connectivity index (χ2n) is 6.73. The number of nitrogens with one attached hydrogen (secondary N) is 1.